The molecule has 0 fully saturated rings. The fraction of sp³-hybridized carbons (Fsp3) is 0.267. The van der Waals surface area contributed by atoms with Crippen molar-refractivity contribution in [3.8, 4) is 0 Å². The molecule has 2 aromatic rings. The van der Waals surface area contributed by atoms with Gasteiger partial charge >= 0.3 is 0 Å². The summed E-state index contributed by atoms with van der Waals surface area (Å²) in [7, 11) is 0. The van der Waals surface area contributed by atoms with E-state index >= 15 is 0 Å². The summed E-state index contributed by atoms with van der Waals surface area (Å²) in [5, 5.41) is 0. The van der Waals surface area contributed by atoms with E-state index in [1.54, 1.807) is 0 Å². The Bertz CT molecular complexity index is 460. The molecular formula is C15H18N+. The second-order valence-electron chi connectivity index (χ2n) is 4.28. The van der Waals surface area contributed by atoms with Gasteiger partial charge in [-0.2, -0.15) is 0 Å². The summed E-state index contributed by atoms with van der Waals surface area (Å²) in [6.45, 7) is 5.36. The van der Waals surface area contributed by atoms with E-state index in [9.17, 15) is 0 Å². The molecule has 82 valence electrons. The van der Waals surface area contributed by atoms with E-state index in [1.165, 1.54) is 16.7 Å². The van der Waals surface area contributed by atoms with E-state index in [4.69, 9.17) is 0 Å². The molecule has 0 amide bonds. The Labute approximate surface area is 97.4 Å². The van der Waals surface area contributed by atoms with Gasteiger partial charge in [0, 0.05) is 18.1 Å². The van der Waals surface area contributed by atoms with Crippen molar-refractivity contribution in [1.82, 2.24) is 0 Å². The van der Waals surface area contributed by atoms with Gasteiger partial charge in [0.1, 0.15) is 0 Å². The Hall–Kier alpha value is -1.63. The van der Waals surface area contributed by atoms with Crippen LogP contribution in [0.3, 0.4) is 0 Å². The van der Waals surface area contributed by atoms with Crippen molar-refractivity contribution in [3.63, 3.8) is 0 Å². The highest BCUT2D eigenvalue weighted by Crippen LogP contribution is 2.02. The lowest BCUT2D eigenvalue weighted by molar-refractivity contribution is -0.696. The minimum Gasteiger partial charge on any atom is -0.204 e. The number of pyridine rings is 1. The molecule has 0 aliphatic rings. The fourth-order valence-corrected chi connectivity index (χ4v) is 1.77. The van der Waals surface area contributed by atoms with Crippen LogP contribution in [0.5, 0.6) is 0 Å². The van der Waals surface area contributed by atoms with Crippen LogP contribution in [0.2, 0.25) is 0 Å². The SMILES string of the molecule is Cc1cc[n+](CCc2ccccc2)cc1C. The summed E-state index contributed by atoms with van der Waals surface area (Å²) < 4.78 is 2.26. The van der Waals surface area contributed by atoms with Crippen LogP contribution in [0.1, 0.15) is 16.7 Å². The maximum atomic E-state index is 2.26. The monoisotopic (exact) mass is 212 g/mol. The van der Waals surface area contributed by atoms with Crippen LogP contribution < -0.4 is 4.57 Å². The van der Waals surface area contributed by atoms with Gasteiger partial charge in [-0.05, 0) is 25.0 Å². The highest BCUT2D eigenvalue weighted by Gasteiger charge is 2.03. The van der Waals surface area contributed by atoms with Gasteiger partial charge in [0.15, 0.2) is 18.9 Å². The standard InChI is InChI=1S/C15H18N/c1-13-8-10-16(12-14(13)2)11-9-15-6-4-3-5-7-15/h3-8,10,12H,9,11H2,1-2H3/q+1. The van der Waals surface area contributed by atoms with Gasteiger partial charge in [-0.25, -0.2) is 4.57 Å². The lowest BCUT2D eigenvalue weighted by atomic mass is 10.1. The Morgan fingerprint density at radius 1 is 0.938 bits per heavy atom. The van der Waals surface area contributed by atoms with Gasteiger partial charge in [-0.1, -0.05) is 30.3 Å². The van der Waals surface area contributed by atoms with Crippen LogP contribution in [0, 0.1) is 13.8 Å². The molecule has 1 aromatic carbocycles. The smallest absolute Gasteiger partial charge is 0.171 e. The fourth-order valence-electron chi connectivity index (χ4n) is 1.77. The van der Waals surface area contributed by atoms with E-state index in [0.29, 0.717) is 0 Å². The van der Waals surface area contributed by atoms with Crippen molar-refractivity contribution in [2.45, 2.75) is 26.8 Å². The number of aryl methyl sites for hydroxylation is 4. The van der Waals surface area contributed by atoms with Gasteiger partial charge in [0.25, 0.3) is 0 Å². The quantitative estimate of drug-likeness (QED) is 0.689. The molecule has 1 heterocycles. The van der Waals surface area contributed by atoms with Crippen LogP contribution in [0.4, 0.5) is 0 Å². The Kier molecular flexibility index (Phi) is 3.35. The van der Waals surface area contributed by atoms with Gasteiger partial charge in [0.2, 0.25) is 0 Å². The van der Waals surface area contributed by atoms with E-state index in [0.717, 1.165) is 13.0 Å². The summed E-state index contributed by atoms with van der Waals surface area (Å²) in [4.78, 5) is 0. The predicted octanol–water partition coefficient (Wildman–Crippen LogP) is 2.83. The number of benzene rings is 1. The number of hydrogen-bond donors (Lipinski definition) is 0. The molecule has 16 heavy (non-hydrogen) atoms. The van der Waals surface area contributed by atoms with Gasteiger partial charge < -0.3 is 0 Å². The minimum atomic E-state index is 1.05. The first kappa shape index (κ1) is 10.9. The predicted molar refractivity (Wildman–Crippen MR) is 66.3 cm³/mol. The second-order valence-corrected chi connectivity index (χ2v) is 4.28. The summed E-state index contributed by atoms with van der Waals surface area (Å²) in [5.41, 5.74) is 4.11. The molecule has 0 aliphatic carbocycles. The van der Waals surface area contributed by atoms with E-state index in [2.05, 4.69) is 67.2 Å². The third kappa shape index (κ3) is 2.69. The van der Waals surface area contributed by atoms with Gasteiger partial charge in [-0.3, -0.25) is 0 Å². The number of rotatable bonds is 3. The summed E-state index contributed by atoms with van der Waals surface area (Å²) in [5.74, 6) is 0. The van der Waals surface area contributed by atoms with E-state index in [-0.39, 0.29) is 0 Å². The van der Waals surface area contributed by atoms with E-state index < -0.39 is 0 Å². The Balaban J connectivity index is 2.03. The summed E-state index contributed by atoms with van der Waals surface area (Å²) in [6, 6.07) is 12.8. The zero-order valence-corrected chi connectivity index (χ0v) is 9.98. The molecule has 0 N–H and O–H groups in total. The average Bonchev–Trinajstić information content (AvgIpc) is 2.32. The summed E-state index contributed by atoms with van der Waals surface area (Å²) >= 11 is 0. The summed E-state index contributed by atoms with van der Waals surface area (Å²) in [6.07, 6.45) is 5.47. The first-order valence-electron chi connectivity index (χ1n) is 5.76. The van der Waals surface area contributed by atoms with Crippen molar-refractivity contribution in [3.05, 3.63) is 65.5 Å². The van der Waals surface area contributed by atoms with Crippen LogP contribution in [-0.2, 0) is 13.0 Å². The zero-order valence-electron chi connectivity index (χ0n) is 9.98. The Morgan fingerprint density at radius 3 is 2.38 bits per heavy atom. The van der Waals surface area contributed by atoms with Gasteiger partial charge in [-0.15, -0.1) is 0 Å². The molecule has 0 bridgehead atoms. The molecular weight excluding hydrogens is 194 g/mol. The molecule has 1 nitrogen and oxygen atoms in total. The first-order chi connectivity index (χ1) is 7.75. The number of hydrogen-bond acceptors (Lipinski definition) is 0. The third-order valence-electron chi connectivity index (χ3n) is 3.00. The molecule has 0 atom stereocenters. The van der Waals surface area contributed by atoms with Crippen LogP contribution in [-0.4, -0.2) is 0 Å². The minimum absolute atomic E-state index is 1.05. The molecule has 0 saturated carbocycles. The molecule has 0 spiro atoms. The lowest BCUT2D eigenvalue weighted by Crippen LogP contribution is -2.34. The Morgan fingerprint density at radius 2 is 1.69 bits per heavy atom. The van der Waals surface area contributed by atoms with Crippen LogP contribution in [0.15, 0.2) is 48.8 Å². The molecule has 0 saturated heterocycles. The molecule has 1 heteroatoms. The van der Waals surface area contributed by atoms with Crippen LogP contribution in [0.25, 0.3) is 0 Å². The number of nitrogens with zero attached hydrogens (tertiary/aromatic N) is 1. The maximum Gasteiger partial charge on any atom is 0.171 e. The third-order valence-corrected chi connectivity index (χ3v) is 3.00. The van der Waals surface area contributed by atoms with Crippen molar-refractivity contribution >= 4 is 0 Å². The van der Waals surface area contributed by atoms with Crippen molar-refractivity contribution in [1.29, 1.82) is 0 Å². The van der Waals surface area contributed by atoms with Gasteiger partial charge in [0.05, 0.1) is 0 Å². The van der Waals surface area contributed by atoms with Crippen molar-refractivity contribution in [2.24, 2.45) is 0 Å². The van der Waals surface area contributed by atoms with Crippen LogP contribution >= 0.6 is 0 Å². The number of aromatic nitrogens is 1. The average molecular weight is 212 g/mol. The topological polar surface area (TPSA) is 3.88 Å². The zero-order chi connectivity index (χ0) is 11.4. The second kappa shape index (κ2) is 4.93. The molecule has 0 radical (unpaired) electrons. The normalized spacial score (nSPS) is 10.4. The molecule has 0 unspecified atom stereocenters. The first-order valence-corrected chi connectivity index (χ1v) is 5.76. The molecule has 2 rings (SSSR count). The maximum absolute atomic E-state index is 2.26. The highest BCUT2D eigenvalue weighted by atomic mass is 14.9. The van der Waals surface area contributed by atoms with E-state index in [1.807, 2.05) is 0 Å². The van der Waals surface area contributed by atoms with Crippen molar-refractivity contribution < 1.29 is 4.57 Å². The molecule has 0 aliphatic heterocycles. The highest BCUT2D eigenvalue weighted by molar-refractivity contribution is 5.17. The molecule has 1 aromatic heterocycles. The lowest BCUT2D eigenvalue weighted by Gasteiger charge is -2.01. The largest absolute Gasteiger partial charge is 0.204 e. The van der Waals surface area contributed by atoms with Crippen molar-refractivity contribution in [2.75, 3.05) is 0 Å².